The number of fused-ring (bicyclic) bond motifs is 1. The minimum Gasteiger partial charge on any atom is -0.301 e. The first kappa shape index (κ1) is 17.6. The number of benzene rings is 1. The summed E-state index contributed by atoms with van der Waals surface area (Å²) >= 11 is 3.30. The van der Waals surface area contributed by atoms with E-state index in [-0.39, 0.29) is 11.9 Å². The molecule has 1 aromatic carbocycles. The van der Waals surface area contributed by atoms with Gasteiger partial charge < -0.3 is 5.32 Å². The molecule has 1 aliphatic heterocycles. The van der Waals surface area contributed by atoms with E-state index in [1.807, 2.05) is 12.1 Å². The van der Waals surface area contributed by atoms with Gasteiger partial charge in [-0.15, -0.1) is 22.7 Å². The molecule has 0 bridgehead atoms. The van der Waals surface area contributed by atoms with Crippen molar-refractivity contribution in [3.8, 4) is 0 Å². The molecule has 1 saturated heterocycles. The van der Waals surface area contributed by atoms with E-state index in [0.717, 1.165) is 42.0 Å². The summed E-state index contributed by atoms with van der Waals surface area (Å²) in [4.78, 5) is 25.2. The summed E-state index contributed by atoms with van der Waals surface area (Å²) in [5, 5.41) is 4.80. The Hall–Kier alpha value is -1.83. The molecular weight excluding hydrogens is 364 g/mol. The van der Waals surface area contributed by atoms with Crippen molar-refractivity contribution in [2.75, 3.05) is 18.4 Å². The fourth-order valence-electron chi connectivity index (χ4n) is 3.48. The monoisotopic (exact) mass is 386 g/mol. The molecule has 2 aromatic heterocycles. The van der Waals surface area contributed by atoms with Crippen LogP contribution in [-0.4, -0.2) is 33.9 Å². The number of hydrogen-bond donors (Lipinski definition) is 1. The molecule has 1 fully saturated rings. The van der Waals surface area contributed by atoms with E-state index in [1.54, 1.807) is 22.7 Å². The summed E-state index contributed by atoms with van der Waals surface area (Å²) in [6.07, 6.45) is 3.05. The standard InChI is InChI=1S/C19H22N4OS2/c1-3-13-12(2)25-19(21-13)22-17(24)11-23-10-6-8-15(23)18-20-14-7-4-5-9-16(14)26-18/h4-5,7,9,15H,3,6,8,10-11H2,1-2H3,(H,21,22,24). The molecule has 3 aromatic rings. The SMILES string of the molecule is CCc1nc(NC(=O)CN2CCCC2c2nc3ccccc3s2)sc1C. The second-order valence-electron chi connectivity index (χ2n) is 6.57. The Labute approximate surface area is 161 Å². The summed E-state index contributed by atoms with van der Waals surface area (Å²) in [5.74, 6) is 0.00872. The lowest BCUT2D eigenvalue weighted by Crippen LogP contribution is -2.32. The van der Waals surface area contributed by atoms with Gasteiger partial charge >= 0.3 is 0 Å². The third kappa shape index (κ3) is 3.51. The number of amides is 1. The van der Waals surface area contributed by atoms with Gasteiger partial charge in [0.2, 0.25) is 5.91 Å². The highest BCUT2D eigenvalue weighted by molar-refractivity contribution is 7.18. The summed E-state index contributed by atoms with van der Waals surface area (Å²) in [5.41, 5.74) is 2.12. The second kappa shape index (κ2) is 7.42. The van der Waals surface area contributed by atoms with Gasteiger partial charge in [0.1, 0.15) is 5.01 Å². The fourth-order valence-corrected chi connectivity index (χ4v) is 5.54. The Morgan fingerprint density at radius 2 is 2.15 bits per heavy atom. The first-order valence-corrected chi connectivity index (χ1v) is 10.6. The van der Waals surface area contributed by atoms with Gasteiger partial charge in [0.15, 0.2) is 5.13 Å². The van der Waals surface area contributed by atoms with Gasteiger partial charge in [-0.3, -0.25) is 9.69 Å². The normalized spacial score (nSPS) is 17.8. The number of nitrogens with zero attached hydrogens (tertiary/aromatic N) is 3. The maximum absolute atomic E-state index is 12.5. The highest BCUT2D eigenvalue weighted by Crippen LogP contribution is 2.36. The molecule has 1 aliphatic rings. The number of aryl methyl sites for hydroxylation is 2. The van der Waals surface area contributed by atoms with Gasteiger partial charge in [0, 0.05) is 4.88 Å². The summed E-state index contributed by atoms with van der Waals surface area (Å²) in [6.45, 7) is 5.46. The van der Waals surface area contributed by atoms with E-state index < -0.39 is 0 Å². The van der Waals surface area contributed by atoms with Crippen LogP contribution < -0.4 is 5.32 Å². The minimum atomic E-state index is 0.00872. The van der Waals surface area contributed by atoms with Crippen LogP contribution in [0.2, 0.25) is 0 Å². The number of carbonyl (C=O) groups is 1. The van der Waals surface area contributed by atoms with Crippen LogP contribution in [0.5, 0.6) is 0 Å². The molecule has 1 atom stereocenters. The number of para-hydroxylation sites is 1. The van der Waals surface area contributed by atoms with Crippen molar-refractivity contribution >= 4 is 43.9 Å². The predicted octanol–water partition coefficient (Wildman–Crippen LogP) is 4.40. The maximum atomic E-state index is 12.5. The highest BCUT2D eigenvalue weighted by Gasteiger charge is 2.30. The van der Waals surface area contributed by atoms with Crippen LogP contribution >= 0.6 is 22.7 Å². The molecule has 5 nitrogen and oxygen atoms in total. The van der Waals surface area contributed by atoms with Crippen LogP contribution in [0.3, 0.4) is 0 Å². The van der Waals surface area contributed by atoms with Crippen molar-refractivity contribution in [3.05, 3.63) is 39.8 Å². The number of rotatable bonds is 5. The molecule has 0 spiro atoms. The molecule has 136 valence electrons. The molecule has 0 aliphatic carbocycles. The first-order chi connectivity index (χ1) is 12.6. The number of aromatic nitrogens is 2. The topological polar surface area (TPSA) is 58.1 Å². The van der Waals surface area contributed by atoms with Crippen molar-refractivity contribution in [3.63, 3.8) is 0 Å². The van der Waals surface area contributed by atoms with Gasteiger partial charge in [-0.05, 0) is 44.9 Å². The Morgan fingerprint density at radius 1 is 1.31 bits per heavy atom. The van der Waals surface area contributed by atoms with Crippen LogP contribution in [0.15, 0.2) is 24.3 Å². The van der Waals surface area contributed by atoms with Crippen LogP contribution in [0.1, 0.15) is 41.4 Å². The molecular formula is C19H22N4OS2. The molecule has 4 rings (SSSR count). The van der Waals surface area contributed by atoms with Crippen molar-refractivity contribution < 1.29 is 4.79 Å². The molecule has 3 heterocycles. The van der Waals surface area contributed by atoms with Crippen LogP contribution in [0, 0.1) is 6.92 Å². The fraction of sp³-hybridized carbons (Fsp3) is 0.421. The number of likely N-dealkylation sites (tertiary alicyclic amines) is 1. The third-order valence-corrected chi connectivity index (χ3v) is 6.85. The van der Waals surface area contributed by atoms with Crippen molar-refractivity contribution in [2.24, 2.45) is 0 Å². The zero-order chi connectivity index (χ0) is 18.1. The number of nitrogens with one attached hydrogen (secondary N) is 1. The smallest absolute Gasteiger partial charge is 0.240 e. The zero-order valence-electron chi connectivity index (χ0n) is 15.0. The average Bonchev–Trinajstić information content (AvgIpc) is 3.32. The van der Waals surface area contributed by atoms with Gasteiger partial charge in [-0.1, -0.05) is 19.1 Å². The van der Waals surface area contributed by atoms with Crippen LogP contribution in [0.25, 0.3) is 10.2 Å². The van der Waals surface area contributed by atoms with Crippen LogP contribution in [-0.2, 0) is 11.2 Å². The van der Waals surface area contributed by atoms with Gasteiger partial charge in [-0.25, -0.2) is 9.97 Å². The quantitative estimate of drug-likeness (QED) is 0.706. The Balaban J connectivity index is 1.45. The summed E-state index contributed by atoms with van der Waals surface area (Å²) < 4.78 is 1.21. The van der Waals surface area contributed by atoms with Gasteiger partial charge in [0.25, 0.3) is 0 Å². The molecule has 1 N–H and O–H groups in total. The lowest BCUT2D eigenvalue weighted by Gasteiger charge is -2.21. The lowest BCUT2D eigenvalue weighted by molar-refractivity contribution is -0.117. The Kier molecular flexibility index (Phi) is 5.02. The molecule has 7 heteroatoms. The molecule has 1 amide bonds. The third-order valence-electron chi connectivity index (χ3n) is 4.78. The second-order valence-corrected chi connectivity index (χ2v) is 8.84. The molecule has 0 radical (unpaired) electrons. The van der Waals surface area contributed by atoms with Crippen molar-refractivity contribution in [1.82, 2.24) is 14.9 Å². The lowest BCUT2D eigenvalue weighted by atomic mass is 10.2. The Morgan fingerprint density at radius 3 is 2.92 bits per heavy atom. The highest BCUT2D eigenvalue weighted by atomic mass is 32.1. The maximum Gasteiger partial charge on any atom is 0.240 e. The number of thiazole rings is 2. The van der Waals surface area contributed by atoms with E-state index in [2.05, 4.69) is 41.2 Å². The minimum absolute atomic E-state index is 0.00872. The van der Waals surface area contributed by atoms with Crippen LogP contribution in [0.4, 0.5) is 5.13 Å². The van der Waals surface area contributed by atoms with Gasteiger partial charge in [0.05, 0.1) is 28.5 Å². The van der Waals surface area contributed by atoms with E-state index in [4.69, 9.17) is 4.98 Å². The van der Waals surface area contributed by atoms with Gasteiger partial charge in [-0.2, -0.15) is 0 Å². The zero-order valence-corrected chi connectivity index (χ0v) is 16.6. The number of carbonyl (C=O) groups excluding carboxylic acids is 1. The molecule has 1 unspecified atom stereocenters. The predicted molar refractivity (Wildman–Crippen MR) is 108 cm³/mol. The van der Waals surface area contributed by atoms with E-state index in [1.165, 1.54) is 9.58 Å². The average molecular weight is 387 g/mol. The summed E-state index contributed by atoms with van der Waals surface area (Å²) in [6, 6.07) is 8.47. The van der Waals surface area contributed by atoms with Crippen molar-refractivity contribution in [2.45, 2.75) is 39.2 Å². The first-order valence-electron chi connectivity index (χ1n) is 8.99. The molecule has 26 heavy (non-hydrogen) atoms. The number of hydrogen-bond acceptors (Lipinski definition) is 6. The largest absolute Gasteiger partial charge is 0.301 e. The van der Waals surface area contributed by atoms with E-state index in [9.17, 15) is 4.79 Å². The van der Waals surface area contributed by atoms with E-state index >= 15 is 0 Å². The molecule has 0 saturated carbocycles. The number of anilines is 1. The summed E-state index contributed by atoms with van der Waals surface area (Å²) in [7, 11) is 0. The van der Waals surface area contributed by atoms with Crippen molar-refractivity contribution in [1.29, 1.82) is 0 Å². The Bertz CT molecular complexity index is 900. The van der Waals surface area contributed by atoms with E-state index in [0.29, 0.717) is 11.7 Å².